The monoisotopic (exact) mass is 318 g/mol. The summed E-state index contributed by atoms with van der Waals surface area (Å²) in [5.41, 5.74) is 2.60. The number of benzene rings is 1. The molecule has 0 fully saturated rings. The van der Waals surface area contributed by atoms with Gasteiger partial charge in [0.25, 0.3) is 0 Å². The molecule has 1 aromatic carbocycles. The van der Waals surface area contributed by atoms with Crippen LogP contribution in [0.15, 0.2) is 67.3 Å². The maximum Gasteiger partial charge on any atom is 0.325 e. The highest BCUT2D eigenvalue weighted by Gasteiger charge is 2.12. The fourth-order valence-corrected chi connectivity index (χ4v) is 2.43. The molecule has 118 valence electrons. The molecular formula is C18H14N4O2. The highest BCUT2D eigenvalue weighted by molar-refractivity contribution is 5.68. The largest absolute Gasteiger partial charge is 0.480 e. The lowest BCUT2D eigenvalue weighted by Gasteiger charge is -2.10. The summed E-state index contributed by atoms with van der Waals surface area (Å²) in [5, 5.41) is 0. The first kappa shape index (κ1) is 14.2. The average molecular weight is 318 g/mol. The Bertz CT molecular complexity index is 983. The van der Waals surface area contributed by atoms with Crippen molar-refractivity contribution in [2.75, 3.05) is 7.11 Å². The van der Waals surface area contributed by atoms with Crippen LogP contribution in [0.5, 0.6) is 17.6 Å². The molecule has 0 N–H and O–H groups in total. The number of hydrogen-bond acceptors (Lipinski definition) is 5. The zero-order valence-corrected chi connectivity index (χ0v) is 13.0. The van der Waals surface area contributed by atoms with E-state index in [1.807, 2.05) is 59.3 Å². The maximum atomic E-state index is 5.65. The molecule has 0 amide bonds. The molecule has 0 spiro atoms. The summed E-state index contributed by atoms with van der Waals surface area (Å²) in [6.07, 6.45) is 7.30. The zero-order chi connectivity index (χ0) is 16.4. The molecule has 0 saturated carbocycles. The fourth-order valence-electron chi connectivity index (χ4n) is 2.43. The summed E-state index contributed by atoms with van der Waals surface area (Å²) < 4.78 is 13.0. The van der Waals surface area contributed by atoms with Gasteiger partial charge in [-0.1, -0.05) is 18.2 Å². The number of rotatable bonds is 4. The van der Waals surface area contributed by atoms with Gasteiger partial charge in [-0.15, -0.1) is 0 Å². The Morgan fingerprint density at radius 2 is 1.88 bits per heavy atom. The van der Waals surface area contributed by atoms with Gasteiger partial charge in [-0.25, -0.2) is 9.97 Å². The number of para-hydroxylation sites is 1. The van der Waals surface area contributed by atoms with Crippen LogP contribution < -0.4 is 9.47 Å². The van der Waals surface area contributed by atoms with Crippen molar-refractivity contribution in [1.29, 1.82) is 0 Å². The minimum absolute atomic E-state index is 0.241. The van der Waals surface area contributed by atoms with Crippen LogP contribution >= 0.6 is 0 Å². The summed E-state index contributed by atoms with van der Waals surface area (Å²) in [6, 6.07) is 13.5. The highest BCUT2D eigenvalue weighted by Crippen LogP contribution is 2.30. The predicted molar refractivity (Wildman–Crippen MR) is 89.3 cm³/mol. The second kappa shape index (κ2) is 6.00. The molecular weight excluding hydrogens is 304 g/mol. The van der Waals surface area contributed by atoms with Gasteiger partial charge in [-0.05, 0) is 24.3 Å². The van der Waals surface area contributed by atoms with E-state index in [-0.39, 0.29) is 6.01 Å². The van der Waals surface area contributed by atoms with E-state index in [0.717, 1.165) is 16.8 Å². The lowest BCUT2D eigenvalue weighted by atomic mass is 10.1. The van der Waals surface area contributed by atoms with Gasteiger partial charge in [0.2, 0.25) is 5.88 Å². The molecule has 6 nitrogen and oxygen atoms in total. The van der Waals surface area contributed by atoms with Gasteiger partial charge in [0.05, 0.1) is 12.7 Å². The summed E-state index contributed by atoms with van der Waals surface area (Å²) >= 11 is 0. The van der Waals surface area contributed by atoms with Crippen molar-refractivity contribution in [3.8, 4) is 28.8 Å². The van der Waals surface area contributed by atoms with Crippen molar-refractivity contribution in [3.05, 3.63) is 67.3 Å². The van der Waals surface area contributed by atoms with Crippen LogP contribution in [0.25, 0.3) is 16.8 Å². The van der Waals surface area contributed by atoms with E-state index in [1.165, 1.54) is 0 Å². The topological polar surface area (TPSA) is 61.5 Å². The Hall–Kier alpha value is -3.41. The Kier molecular flexibility index (Phi) is 3.55. The molecule has 6 heteroatoms. The Morgan fingerprint density at radius 3 is 2.71 bits per heavy atom. The van der Waals surface area contributed by atoms with Crippen molar-refractivity contribution in [2.45, 2.75) is 0 Å². The van der Waals surface area contributed by atoms with Gasteiger partial charge in [0, 0.05) is 30.4 Å². The molecule has 0 aliphatic carbocycles. The third-order valence-electron chi connectivity index (χ3n) is 3.58. The molecule has 0 saturated heterocycles. The number of ether oxygens (including phenoxy) is 2. The first-order valence-corrected chi connectivity index (χ1v) is 7.40. The Morgan fingerprint density at radius 1 is 1.00 bits per heavy atom. The van der Waals surface area contributed by atoms with Crippen LogP contribution in [0.3, 0.4) is 0 Å². The number of fused-ring (bicyclic) bond motifs is 1. The van der Waals surface area contributed by atoms with E-state index in [4.69, 9.17) is 9.47 Å². The molecule has 3 aromatic heterocycles. The van der Waals surface area contributed by atoms with Crippen molar-refractivity contribution < 1.29 is 9.47 Å². The molecule has 4 aromatic rings. The summed E-state index contributed by atoms with van der Waals surface area (Å²) in [4.78, 5) is 12.9. The summed E-state index contributed by atoms with van der Waals surface area (Å²) in [6.45, 7) is 0. The predicted octanol–water partition coefficient (Wildman–Crippen LogP) is 3.59. The van der Waals surface area contributed by atoms with Crippen LogP contribution in [-0.2, 0) is 0 Å². The molecule has 0 atom stereocenters. The first-order chi connectivity index (χ1) is 11.8. The number of aromatic nitrogens is 4. The second-order valence-electron chi connectivity index (χ2n) is 5.10. The van der Waals surface area contributed by atoms with E-state index in [2.05, 4.69) is 15.0 Å². The number of nitrogens with zero attached hydrogens (tertiary/aromatic N) is 4. The fraction of sp³-hybridized carbons (Fsp3) is 0.0556. The van der Waals surface area contributed by atoms with Crippen LogP contribution in [0.2, 0.25) is 0 Å². The van der Waals surface area contributed by atoms with Crippen molar-refractivity contribution in [3.63, 3.8) is 0 Å². The number of methoxy groups -OCH3 is 1. The third kappa shape index (κ3) is 2.65. The standard InChI is InChI=1S/C18H14N4O2/c1-23-17-15(13-7-8-16-19-9-10-22(16)12-13)11-20-18(21-17)24-14-5-3-2-4-6-14/h2-12H,1H3. The second-order valence-corrected chi connectivity index (χ2v) is 5.10. The van der Waals surface area contributed by atoms with Gasteiger partial charge >= 0.3 is 6.01 Å². The van der Waals surface area contributed by atoms with Crippen LogP contribution in [0, 0.1) is 0 Å². The molecule has 0 radical (unpaired) electrons. The smallest absolute Gasteiger partial charge is 0.325 e. The number of imidazole rings is 1. The van der Waals surface area contributed by atoms with E-state index in [0.29, 0.717) is 11.6 Å². The summed E-state index contributed by atoms with van der Waals surface area (Å²) in [7, 11) is 1.58. The van der Waals surface area contributed by atoms with E-state index >= 15 is 0 Å². The zero-order valence-electron chi connectivity index (χ0n) is 13.0. The maximum absolute atomic E-state index is 5.65. The van der Waals surface area contributed by atoms with Crippen LogP contribution in [0.1, 0.15) is 0 Å². The van der Waals surface area contributed by atoms with E-state index < -0.39 is 0 Å². The van der Waals surface area contributed by atoms with Crippen molar-refractivity contribution in [1.82, 2.24) is 19.4 Å². The normalized spacial score (nSPS) is 10.7. The quantitative estimate of drug-likeness (QED) is 0.575. The minimum atomic E-state index is 0.241. The van der Waals surface area contributed by atoms with Crippen molar-refractivity contribution >= 4 is 5.65 Å². The van der Waals surface area contributed by atoms with Crippen molar-refractivity contribution in [2.24, 2.45) is 0 Å². The third-order valence-corrected chi connectivity index (χ3v) is 3.58. The van der Waals surface area contributed by atoms with E-state index in [9.17, 15) is 0 Å². The Labute approximate surface area is 138 Å². The van der Waals surface area contributed by atoms with Crippen LogP contribution in [0.4, 0.5) is 0 Å². The molecule has 0 bridgehead atoms. The summed E-state index contributed by atoms with van der Waals surface area (Å²) in [5.74, 6) is 1.13. The van der Waals surface area contributed by atoms with Gasteiger partial charge < -0.3 is 13.9 Å². The lowest BCUT2D eigenvalue weighted by Crippen LogP contribution is -1.98. The van der Waals surface area contributed by atoms with Gasteiger partial charge in [-0.3, -0.25) is 0 Å². The average Bonchev–Trinajstić information content (AvgIpc) is 3.10. The molecule has 4 rings (SSSR count). The number of pyridine rings is 1. The van der Waals surface area contributed by atoms with Crippen LogP contribution in [-0.4, -0.2) is 26.5 Å². The lowest BCUT2D eigenvalue weighted by molar-refractivity contribution is 0.378. The highest BCUT2D eigenvalue weighted by atomic mass is 16.5. The SMILES string of the molecule is COc1nc(Oc2ccccc2)ncc1-c1ccc2nccn2c1. The molecule has 3 heterocycles. The molecule has 0 aliphatic heterocycles. The van der Waals surface area contributed by atoms with E-state index in [1.54, 1.807) is 19.5 Å². The van der Waals surface area contributed by atoms with Gasteiger partial charge in [0.1, 0.15) is 11.4 Å². The Balaban J connectivity index is 1.70. The number of hydrogen-bond donors (Lipinski definition) is 0. The molecule has 0 aliphatic rings. The molecule has 0 unspecified atom stereocenters. The molecule has 24 heavy (non-hydrogen) atoms. The first-order valence-electron chi connectivity index (χ1n) is 7.40. The minimum Gasteiger partial charge on any atom is -0.480 e. The van der Waals surface area contributed by atoms with Gasteiger partial charge in [-0.2, -0.15) is 4.98 Å². The van der Waals surface area contributed by atoms with Gasteiger partial charge in [0.15, 0.2) is 0 Å².